The molecule has 0 unspecified atom stereocenters. The lowest BCUT2D eigenvalue weighted by molar-refractivity contribution is 0.103. The van der Waals surface area contributed by atoms with E-state index in [2.05, 4.69) is 63.1 Å². The van der Waals surface area contributed by atoms with Gasteiger partial charge in [0.2, 0.25) is 0 Å². The van der Waals surface area contributed by atoms with Crippen molar-refractivity contribution in [2.24, 2.45) is 0 Å². The number of carbonyl (C=O) groups excluding carboxylic acids is 1. The Morgan fingerprint density at radius 1 is 1.39 bits per heavy atom. The highest BCUT2D eigenvalue weighted by Crippen LogP contribution is 2.28. The zero-order chi connectivity index (χ0) is 13.3. The summed E-state index contributed by atoms with van der Waals surface area (Å²) < 4.78 is 2.04. The number of anilines is 1. The number of aryl methyl sites for hydroxylation is 1. The number of rotatable bonds is 2. The summed E-state index contributed by atoms with van der Waals surface area (Å²) >= 11 is 11.2. The van der Waals surface area contributed by atoms with Gasteiger partial charge in [-0.1, -0.05) is 0 Å². The summed E-state index contributed by atoms with van der Waals surface area (Å²) in [7, 11) is 0. The minimum Gasteiger partial charge on any atom is -0.304 e. The van der Waals surface area contributed by atoms with Crippen LogP contribution >= 0.6 is 59.1 Å². The fourth-order valence-electron chi connectivity index (χ4n) is 1.17. The van der Waals surface area contributed by atoms with E-state index in [1.54, 1.807) is 0 Å². The minimum atomic E-state index is -0.203. The van der Waals surface area contributed by atoms with Crippen molar-refractivity contribution in [1.82, 2.24) is 9.97 Å². The maximum atomic E-state index is 12.0. The highest BCUT2D eigenvalue weighted by Gasteiger charge is 2.14. The van der Waals surface area contributed by atoms with Crippen LogP contribution in [0.2, 0.25) is 0 Å². The number of nitrogens with zero attached hydrogens (tertiary/aromatic N) is 2. The average molecular weight is 456 g/mol. The molecule has 0 aliphatic heterocycles. The summed E-state index contributed by atoms with van der Waals surface area (Å²) in [5.41, 5.74) is 1.03. The van der Waals surface area contributed by atoms with Crippen LogP contribution in [0.1, 0.15) is 15.2 Å². The maximum Gasteiger partial charge on any atom is 0.267 e. The Bertz CT molecular complexity index is 595. The molecule has 0 aliphatic carbocycles. The molecule has 0 aliphatic rings. The van der Waals surface area contributed by atoms with Gasteiger partial charge in [-0.3, -0.25) is 4.79 Å². The molecule has 8 heteroatoms. The number of aromatic nitrogens is 2. The molecule has 0 saturated heterocycles. The first kappa shape index (κ1) is 14.1. The first-order chi connectivity index (χ1) is 8.47. The van der Waals surface area contributed by atoms with Crippen LogP contribution in [0.4, 0.5) is 5.82 Å². The second-order valence-corrected chi connectivity index (χ2v) is 7.29. The van der Waals surface area contributed by atoms with Crippen molar-refractivity contribution >= 4 is 70.9 Å². The predicted octanol–water partition coefficient (Wildman–Crippen LogP) is 4.39. The number of thiophene rings is 1. The van der Waals surface area contributed by atoms with Gasteiger partial charge in [-0.05, 0) is 66.3 Å². The van der Waals surface area contributed by atoms with Crippen molar-refractivity contribution in [3.63, 3.8) is 0 Å². The molecule has 0 saturated carbocycles. The van der Waals surface area contributed by atoms with Gasteiger partial charge in [0.05, 0.1) is 14.9 Å². The van der Waals surface area contributed by atoms with E-state index in [9.17, 15) is 4.79 Å². The summed E-state index contributed by atoms with van der Waals surface area (Å²) in [6, 6.07) is 1.82. The number of carbonyl (C=O) groups is 1. The number of nitrogens with one attached hydrogen (secondary N) is 1. The van der Waals surface area contributed by atoms with Gasteiger partial charge in [0.15, 0.2) is 5.82 Å². The van der Waals surface area contributed by atoms with Crippen molar-refractivity contribution in [3.8, 4) is 0 Å². The molecule has 18 heavy (non-hydrogen) atoms. The van der Waals surface area contributed by atoms with Gasteiger partial charge in [-0.15, -0.1) is 11.3 Å². The Morgan fingerprint density at radius 3 is 2.67 bits per heavy atom. The standard InChI is InChI=1S/C10H6Br3N3OS/c1-4-2-5(18-8(4)13)10(17)16-9-7(12)15-6(11)3-14-9/h2-3H,1H3,(H,14,16,17). The maximum absolute atomic E-state index is 12.0. The molecule has 0 aromatic carbocycles. The van der Waals surface area contributed by atoms with Crippen LogP contribution in [0.3, 0.4) is 0 Å². The first-order valence-corrected chi connectivity index (χ1v) is 7.92. The van der Waals surface area contributed by atoms with E-state index in [1.807, 2.05) is 13.0 Å². The van der Waals surface area contributed by atoms with Crippen LogP contribution in [0.25, 0.3) is 0 Å². The molecule has 0 radical (unpaired) electrons. The highest BCUT2D eigenvalue weighted by molar-refractivity contribution is 9.11. The second-order valence-electron chi connectivity index (χ2n) is 3.35. The molecule has 1 amide bonds. The largest absolute Gasteiger partial charge is 0.304 e. The molecule has 2 aromatic rings. The fraction of sp³-hybridized carbons (Fsp3) is 0.100. The normalized spacial score (nSPS) is 10.4. The fourth-order valence-corrected chi connectivity index (χ4v) is 3.51. The molecular weight excluding hydrogens is 450 g/mol. The van der Waals surface area contributed by atoms with Gasteiger partial charge in [-0.25, -0.2) is 9.97 Å². The van der Waals surface area contributed by atoms with E-state index in [1.165, 1.54) is 17.5 Å². The SMILES string of the molecule is Cc1cc(C(=O)Nc2ncc(Br)nc2Br)sc1Br. The molecule has 1 N–H and O–H groups in total. The Kier molecular flexibility index (Phi) is 4.52. The van der Waals surface area contributed by atoms with Crippen LogP contribution in [0, 0.1) is 6.92 Å². The van der Waals surface area contributed by atoms with Crippen LogP contribution in [-0.2, 0) is 0 Å². The first-order valence-electron chi connectivity index (χ1n) is 4.72. The van der Waals surface area contributed by atoms with Crippen molar-refractivity contribution in [3.05, 3.63) is 35.7 Å². The third kappa shape index (κ3) is 3.17. The van der Waals surface area contributed by atoms with Gasteiger partial charge in [0.25, 0.3) is 5.91 Å². The predicted molar refractivity (Wildman–Crippen MR) is 82.1 cm³/mol. The van der Waals surface area contributed by atoms with Gasteiger partial charge in [0, 0.05) is 0 Å². The molecule has 0 fully saturated rings. The van der Waals surface area contributed by atoms with E-state index in [0.717, 1.165) is 9.35 Å². The summed E-state index contributed by atoms with van der Waals surface area (Å²) in [4.78, 5) is 20.8. The zero-order valence-corrected chi connectivity index (χ0v) is 14.6. The quantitative estimate of drug-likeness (QED) is 0.730. The van der Waals surface area contributed by atoms with Crippen LogP contribution in [-0.4, -0.2) is 15.9 Å². The van der Waals surface area contributed by atoms with Crippen LogP contribution in [0.5, 0.6) is 0 Å². The lowest BCUT2D eigenvalue weighted by Crippen LogP contribution is -2.12. The average Bonchev–Trinajstić information content (AvgIpc) is 2.63. The molecule has 94 valence electrons. The molecule has 0 bridgehead atoms. The molecular formula is C10H6Br3N3OS. The third-order valence-corrected chi connectivity index (χ3v) is 5.08. The second kappa shape index (κ2) is 5.77. The minimum absolute atomic E-state index is 0.203. The molecule has 0 spiro atoms. The number of halogens is 3. The summed E-state index contributed by atoms with van der Waals surface area (Å²) in [6.45, 7) is 1.94. The van der Waals surface area contributed by atoms with Gasteiger partial charge >= 0.3 is 0 Å². The Morgan fingerprint density at radius 2 is 2.11 bits per heavy atom. The molecule has 0 atom stereocenters. The van der Waals surface area contributed by atoms with Crippen molar-refractivity contribution < 1.29 is 4.79 Å². The van der Waals surface area contributed by atoms with Crippen molar-refractivity contribution in [1.29, 1.82) is 0 Å². The Labute approximate surface area is 133 Å². The summed E-state index contributed by atoms with van der Waals surface area (Å²) in [5, 5.41) is 2.70. The number of hydrogen-bond acceptors (Lipinski definition) is 4. The molecule has 2 rings (SSSR count). The van der Waals surface area contributed by atoms with E-state index in [0.29, 0.717) is 19.9 Å². The molecule has 2 heterocycles. The molecule has 2 aromatic heterocycles. The van der Waals surface area contributed by atoms with Crippen molar-refractivity contribution in [2.75, 3.05) is 5.32 Å². The number of hydrogen-bond donors (Lipinski definition) is 1. The summed E-state index contributed by atoms with van der Waals surface area (Å²) in [6.07, 6.45) is 1.52. The van der Waals surface area contributed by atoms with Gasteiger partial charge in [-0.2, -0.15) is 0 Å². The van der Waals surface area contributed by atoms with Gasteiger partial charge in [0.1, 0.15) is 9.21 Å². The molecule has 4 nitrogen and oxygen atoms in total. The lowest BCUT2D eigenvalue weighted by Gasteiger charge is -2.04. The van der Waals surface area contributed by atoms with Crippen LogP contribution in [0.15, 0.2) is 25.3 Å². The van der Waals surface area contributed by atoms with E-state index < -0.39 is 0 Å². The Balaban J connectivity index is 2.21. The smallest absolute Gasteiger partial charge is 0.267 e. The lowest BCUT2D eigenvalue weighted by atomic mass is 10.3. The summed E-state index contributed by atoms with van der Waals surface area (Å²) in [5.74, 6) is 0.191. The number of amides is 1. The highest BCUT2D eigenvalue weighted by atomic mass is 79.9. The van der Waals surface area contributed by atoms with E-state index >= 15 is 0 Å². The zero-order valence-electron chi connectivity index (χ0n) is 9.00. The third-order valence-electron chi connectivity index (χ3n) is 2.01. The Hall–Kier alpha value is -0.310. The van der Waals surface area contributed by atoms with Crippen LogP contribution < -0.4 is 5.32 Å². The van der Waals surface area contributed by atoms with Gasteiger partial charge < -0.3 is 5.32 Å². The van der Waals surface area contributed by atoms with E-state index in [4.69, 9.17) is 0 Å². The van der Waals surface area contributed by atoms with E-state index in [-0.39, 0.29) is 5.91 Å². The topological polar surface area (TPSA) is 54.9 Å². The monoisotopic (exact) mass is 453 g/mol. The van der Waals surface area contributed by atoms with Crippen molar-refractivity contribution in [2.45, 2.75) is 6.92 Å².